The molecule has 0 aliphatic carbocycles. The van der Waals surface area contributed by atoms with Gasteiger partial charge in [0.2, 0.25) is 0 Å². The van der Waals surface area contributed by atoms with Gasteiger partial charge in [-0.3, -0.25) is 5.41 Å². The van der Waals surface area contributed by atoms with Gasteiger partial charge in [-0.05, 0) is 24.3 Å². The first-order valence-corrected chi connectivity index (χ1v) is 6.39. The summed E-state index contributed by atoms with van der Waals surface area (Å²) in [7, 11) is 0. The normalized spacial score (nSPS) is 12.3. The number of allylic oxidation sites excluding steroid dienone is 1. The van der Waals surface area contributed by atoms with E-state index >= 15 is 0 Å². The summed E-state index contributed by atoms with van der Waals surface area (Å²) in [4.78, 5) is 9.65. The predicted octanol–water partition coefficient (Wildman–Crippen LogP) is 4.44. The summed E-state index contributed by atoms with van der Waals surface area (Å²) < 4.78 is 62.4. The van der Waals surface area contributed by atoms with E-state index in [4.69, 9.17) is 17.0 Å². The quantitative estimate of drug-likeness (QED) is 0.486. The van der Waals surface area contributed by atoms with E-state index < -0.39 is 24.0 Å². The molecular weight excluding hydrogens is 343 g/mol. The molecule has 0 saturated heterocycles. The lowest BCUT2D eigenvalue weighted by Crippen LogP contribution is -2.08. The second kappa shape index (κ2) is 6.45. The fraction of sp³-hybridized carbons (Fsp3) is 0.154. The number of hydrogen-bond acceptors (Lipinski definition) is 3. The number of aromatic amines is 1. The molecule has 2 heterocycles. The summed E-state index contributed by atoms with van der Waals surface area (Å²) >= 11 is 5.58. The van der Waals surface area contributed by atoms with Gasteiger partial charge in [0.25, 0.3) is 6.43 Å². The molecule has 4 nitrogen and oxygen atoms in total. The van der Waals surface area contributed by atoms with Gasteiger partial charge >= 0.3 is 6.18 Å². The molecule has 2 aromatic rings. The van der Waals surface area contributed by atoms with Crippen LogP contribution in [0.5, 0.6) is 0 Å². The van der Waals surface area contributed by atoms with Crippen molar-refractivity contribution in [3.8, 4) is 11.3 Å². The Morgan fingerprint density at radius 2 is 2.00 bits per heavy atom. The van der Waals surface area contributed by atoms with Crippen molar-refractivity contribution >= 4 is 23.4 Å². The first kappa shape index (κ1) is 17.1. The number of alkyl halides is 5. The fourth-order valence-corrected chi connectivity index (χ4v) is 1.82. The molecule has 2 rings (SSSR count). The number of nitrogens with one attached hydrogen (secondary N) is 2. The smallest absolute Gasteiger partial charge is 0.338 e. The van der Waals surface area contributed by atoms with Crippen LogP contribution in [0.25, 0.3) is 17.3 Å². The Balaban J connectivity index is 2.31. The topological polar surface area (TPSA) is 65.4 Å². The third-order valence-electron chi connectivity index (χ3n) is 2.65. The van der Waals surface area contributed by atoms with Crippen LogP contribution in [0.2, 0.25) is 5.15 Å². The van der Waals surface area contributed by atoms with Crippen LogP contribution in [0.3, 0.4) is 0 Å². The van der Waals surface area contributed by atoms with Crippen molar-refractivity contribution in [2.75, 3.05) is 0 Å². The molecule has 2 N–H and O–H groups in total. The van der Waals surface area contributed by atoms with E-state index in [9.17, 15) is 22.0 Å². The van der Waals surface area contributed by atoms with E-state index in [1.807, 2.05) is 0 Å². The summed E-state index contributed by atoms with van der Waals surface area (Å²) in [6.07, 6.45) is -4.40. The van der Waals surface area contributed by atoms with Gasteiger partial charge in [-0.1, -0.05) is 11.6 Å². The lowest BCUT2D eigenvalue weighted by Gasteiger charge is -2.07. The second-order valence-corrected chi connectivity index (χ2v) is 4.72. The third-order valence-corrected chi connectivity index (χ3v) is 2.84. The summed E-state index contributed by atoms with van der Waals surface area (Å²) in [5.41, 5.74) is -1.78. The Morgan fingerprint density at radius 3 is 2.61 bits per heavy atom. The van der Waals surface area contributed by atoms with Gasteiger partial charge in [0.1, 0.15) is 16.7 Å². The molecule has 0 radical (unpaired) electrons. The number of H-pyrrole nitrogens is 1. The maximum absolute atomic E-state index is 12.7. The Hall–Kier alpha value is -2.29. The van der Waals surface area contributed by atoms with Crippen LogP contribution >= 0.6 is 11.6 Å². The zero-order valence-corrected chi connectivity index (χ0v) is 11.9. The van der Waals surface area contributed by atoms with E-state index in [1.54, 1.807) is 0 Å². The zero-order chi connectivity index (χ0) is 17.2. The molecule has 0 atom stereocenters. The molecule has 122 valence electrons. The number of pyridine rings is 1. The van der Waals surface area contributed by atoms with Gasteiger partial charge in [-0.25, -0.2) is 18.7 Å². The minimum Gasteiger partial charge on any atom is -0.338 e. The van der Waals surface area contributed by atoms with E-state index in [2.05, 4.69) is 15.0 Å². The van der Waals surface area contributed by atoms with Crippen LogP contribution in [-0.4, -0.2) is 27.1 Å². The predicted molar refractivity (Wildman–Crippen MR) is 74.6 cm³/mol. The summed E-state index contributed by atoms with van der Waals surface area (Å²) in [6, 6.07) is 1.99. The van der Waals surface area contributed by atoms with Gasteiger partial charge in [0.15, 0.2) is 0 Å². The van der Waals surface area contributed by atoms with Crippen LogP contribution in [0.1, 0.15) is 11.5 Å². The Morgan fingerprint density at radius 1 is 1.30 bits per heavy atom. The minimum atomic E-state index is -4.66. The first-order chi connectivity index (χ1) is 10.7. The highest BCUT2D eigenvalue weighted by Gasteiger charge is 2.33. The SMILES string of the molecule is N=C(/C=C\c1ncc(-c2cc(Cl)nc(C(F)(F)F)c2)[nH]1)C(F)F. The highest BCUT2D eigenvalue weighted by atomic mass is 35.5. The van der Waals surface area contributed by atoms with Crippen LogP contribution in [0.4, 0.5) is 22.0 Å². The van der Waals surface area contributed by atoms with E-state index in [1.165, 1.54) is 12.3 Å². The molecule has 0 fully saturated rings. The average molecular weight is 351 g/mol. The van der Waals surface area contributed by atoms with Crippen molar-refractivity contribution in [3.63, 3.8) is 0 Å². The summed E-state index contributed by atoms with van der Waals surface area (Å²) in [5, 5.41) is 6.61. The Labute approximate surface area is 131 Å². The van der Waals surface area contributed by atoms with Crippen LogP contribution in [0.15, 0.2) is 24.4 Å². The summed E-state index contributed by atoms with van der Waals surface area (Å²) in [6.45, 7) is 0. The van der Waals surface area contributed by atoms with Gasteiger partial charge in [0.05, 0.1) is 17.6 Å². The molecule has 2 aromatic heterocycles. The second-order valence-electron chi connectivity index (χ2n) is 4.33. The van der Waals surface area contributed by atoms with Crippen molar-refractivity contribution in [3.05, 3.63) is 41.1 Å². The van der Waals surface area contributed by atoms with Gasteiger partial charge < -0.3 is 4.98 Å². The summed E-state index contributed by atoms with van der Waals surface area (Å²) in [5.74, 6) is 0.104. The van der Waals surface area contributed by atoms with Gasteiger partial charge in [0, 0.05) is 5.56 Å². The van der Waals surface area contributed by atoms with Crippen molar-refractivity contribution in [2.45, 2.75) is 12.6 Å². The number of aromatic nitrogens is 3. The molecule has 0 aromatic carbocycles. The van der Waals surface area contributed by atoms with E-state index in [-0.39, 0.29) is 22.2 Å². The van der Waals surface area contributed by atoms with Crippen LogP contribution in [0, 0.1) is 5.41 Å². The lowest BCUT2D eigenvalue weighted by atomic mass is 10.2. The number of halogens is 6. The zero-order valence-electron chi connectivity index (χ0n) is 11.1. The monoisotopic (exact) mass is 350 g/mol. The van der Waals surface area contributed by atoms with Crippen molar-refractivity contribution in [2.24, 2.45) is 0 Å². The number of hydrogen-bond donors (Lipinski definition) is 2. The number of rotatable bonds is 4. The lowest BCUT2D eigenvalue weighted by molar-refractivity contribution is -0.141. The Bertz CT molecular complexity index is 751. The van der Waals surface area contributed by atoms with Gasteiger partial charge in [-0.15, -0.1) is 0 Å². The fourth-order valence-electron chi connectivity index (χ4n) is 1.61. The molecule has 0 bridgehead atoms. The molecular formula is C13H8ClF5N4. The molecule has 0 spiro atoms. The van der Waals surface area contributed by atoms with Crippen LogP contribution < -0.4 is 0 Å². The first-order valence-electron chi connectivity index (χ1n) is 6.01. The Kier molecular flexibility index (Phi) is 4.79. The average Bonchev–Trinajstić information content (AvgIpc) is 2.92. The molecule has 0 amide bonds. The molecule has 0 aliphatic heterocycles. The van der Waals surface area contributed by atoms with E-state index in [0.717, 1.165) is 18.2 Å². The minimum absolute atomic E-state index is 0.0911. The molecule has 0 saturated carbocycles. The van der Waals surface area contributed by atoms with Crippen molar-refractivity contribution in [1.29, 1.82) is 5.41 Å². The molecule has 0 unspecified atom stereocenters. The van der Waals surface area contributed by atoms with E-state index in [0.29, 0.717) is 0 Å². The molecule has 23 heavy (non-hydrogen) atoms. The van der Waals surface area contributed by atoms with Crippen LogP contribution in [-0.2, 0) is 6.18 Å². The van der Waals surface area contributed by atoms with Crippen molar-refractivity contribution in [1.82, 2.24) is 15.0 Å². The van der Waals surface area contributed by atoms with Gasteiger partial charge in [-0.2, -0.15) is 13.2 Å². The third kappa shape index (κ3) is 4.35. The van der Waals surface area contributed by atoms with Crippen molar-refractivity contribution < 1.29 is 22.0 Å². The molecule has 10 heteroatoms. The largest absolute Gasteiger partial charge is 0.433 e. The number of nitrogens with zero attached hydrogens (tertiary/aromatic N) is 2. The molecule has 0 aliphatic rings. The highest BCUT2D eigenvalue weighted by molar-refractivity contribution is 6.29. The maximum atomic E-state index is 12.7. The maximum Gasteiger partial charge on any atom is 0.433 e. The highest BCUT2D eigenvalue weighted by Crippen LogP contribution is 2.32. The standard InChI is InChI=1S/C13H8ClF5N4/c14-10-4-6(3-9(23-10)13(17,18)19)8-5-21-11(22-8)2-1-7(20)12(15)16/h1-5,12,20H,(H,21,22)/b2-1-,20-7?. The number of imidazole rings is 1.